The lowest BCUT2D eigenvalue weighted by molar-refractivity contribution is -0.130. The van der Waals surface area contributed by atoms with Crippen LogP contribution in [0, 0.1) is 0 Å². The molecular weight excluding hydrogens is 348 g/mol. The van der Waals surface area contributed by atoms with Crippen LogP contribution in [-0.2, 0) is 4.79 Å². The number of anilines is 1. The van der Waals surface area contributed by atoms with E-state index in [1.54, 1.807) is 17.3 Å². The predicted molar refractivity (Wildman–Crippen MR) is 86.5 cm³/mol. The van der Waals surface area contributed by atoms with Gasteiger partial charge >= 0.3 is 6.03 Å². The second-order valence-corrected chi connectivity index (χ2v) is 6.67. The quantitative estimate of drug-likeness (QED) is 0.873. The van der Waals surface area contributed by atoms with E-state index in [-0.39, 0.29) is 18.0 Å². The van der Waals surface area contributed by atoms with Crippen molar-refractivity contribution in [2.75, 3.05) is 25.0 Å². The molecule has 2 aliphatic rings. The van der Waals surface area contributed by atoms with E-state index in [4.69, 9.17) is 0 Å². The van der Waals surface area contributed by atoms with E-state index in [1.807, 2.05) is 11.0 Å². The van der Waals surface area contributed by atoms with Gasteiger partial charge in [0.2, 0.25) is 5.91 Å². The minimum atomic E-state index is -0.128. The summed E-state index contributed by atoms with van der Waals surface area (Å²) in [6.07, 6.45) is 6.78. The number of halogens is 1. The van der Waals surface area contributed by atoms with Crippen molar-refractivity contribution in [1.29, 1.82) is 0 Å². The summed E-state index contributed by atoms with van der Waals surface area (Å²) in [4.78, 5) is 32.0. The number of hydrogen-bond donors (Lipinski definition) is 1. The van der Waals surface area contributed by atoms with E-state index < -0.39 is 0 Å². The number of rotatable bonds is 2. The highest BCUT2D eigenvalue weighted by Gasteiger charge is 2.32. The summed E-state index contributed by atoms with van der Waals surface area (Å²) >= 11 is 3.34. The van der Waals surface area contributed by atoms with Gasteiger partial charge in [-0.3, -0.25) is 9.78 Å². The van der Waals surface area contributed by atoms with Crippen LogP contribution in [0.4, 0.5) is 10.5 Å². The van der Waals surface area contributed by atoms with Crippen LogP contribution in [0.2, 0.25) is 0 Å². The third kappa shape index (κ3) is 3.40. The van der Waals surface area contributed by atoms with Crippen LogP contribution in [0.3, 0.4) is 0 Å². The third-order valence-electron chi connectivity index (χ3n) is 4.19. The number of urea groups is 1. The van der Waals surface area contributed by atoms with Crippen molar-refractivity contribution >= 4 is 33.6 Å². The van der Waals surface area contributed by atoms with E-state index in [1.165, 1.54) is 0 Å². The molecular formula is C15H19BrN4O2. The van der Waals surface area contributed by atoms with E-state index in [0.717, 1.165) is 36.8 Å². The molecule has 0 aromatic carbocycles. The number of pyridine rings is 1. The molecule has 118 valence electrons. The molecule has 0 radical (unpaired) electrons. The Bertz CT molecular complexity index is 580. The standard InChI is InChI=1S/C15H19BrN4O2/c16-11-7-12(9-17-8-11)18-15(22)19-5-1-3-13(10-19)20-6-2-4-14(20)21/h7-9,13H,1-6,10H2,(H,18,22)/t13-/m0/s1. The number of nitrogens with one attached hydrogen (secondary N) is 1. The molecule has 0 saturated carbocycles. The summed E-state index contributed by atoms with van der Waals surface area (Å²) in [5, 5.41) is 2.87. The van der Waals surface area contributed by atoms with Gasteiger partial charge in [0.25, 0.3) is 0 Å². The molecule has 0 aliphatic carbocycles. The molecule has 3 rings (SSSR count). The molecule has 2 fully saturated rings. The van der Waals surface area contributed by atoms with Crippen molar-refractivity contribution in [1.82, 2.24) is 14.8 Å². The Morgan fingerprint density at radius 1 is 1.32 bits per heavy atom. The fourth-order valence-electron chi connectivity index (χ4n) is 3.13. The molecule has 1 aromatic heterocycles. The van der Waals surface area contributed by atoms with E-state index in [0.29, 0.717) is 18.7 Å². The van der Waals surface area contributed by atoms with Gasteiger partial charge in [0.1, 0.15) is 0 Å². The molecule has 0 unspecified atom stereocenters. The lowest BCUT2D eigenvalue weighted by Crippen LogP contribution is -2.51. The second kappa shape index (κ2) is 6.64. The highest BCUT2D eigenvalue weighted by molar-refractivity contribution is 9.10. The van der Waals surface area contributed by atoms with Gasteiger partial charge in [0, 0.05) is 42.8 Å². The minimum Gasteiger partial charge on any atom is -0.338 e. The number of amides is 3. The fourth-order valence-corrected chi connectivity index (χ4v) is 3.50. The summed E-state index contributed by atoms with van der Waals surface area (Å²) in [6, 6.07) is 1.85. The maximum atomic E-state index is 12.4. The van der Waals surface area contributed by atoms with Crippen LogP contribution < -0.4 is 5.32 Å². The second-order valence-electron chi connectivity index (χ2n) is 5.75. The van der Waals surface area contributed by atoms with Crippen LogP contribution in [0.1, 0.15) is 25.7 Å². The first-order chi connectivity index (χ1) is 10.6. The number of piperidine rings is 1. The zero-order valence-electron chi connectivity index (χ0n) is 12.3. The van der Waals surface area contributed by atoms with E-state index >= 15 is 0 Å². The van der Waals surface area contributed by atoms with Crippen LogP contribution in [0.5, 0.6) is 0 Å². The van der Waals surface area contributed by atoms with Gasteiger partial charge in [-0.2, -0.15) is 0 Å². The molecule has 0 spiro atoms. The molecule has 1 atom stereocenters. The molecule has 3 amide bonds. The largest absolute Gasteiger partial charge is 0.338 e. The summed E-state index contributed by atoms with van der Waals surface area (Å²) in [7, 11) is 0. The first-order valence-corrected chi connectivity index (χ1v) is 8.39. The SMILES string of the molecule is O=C(Nc1cncc(Br)c1)N1CCC[C@H](N2CCCC2=O)C1. The number of nitrogens with zero attached hydrogens (tertiary/aromatic N) is 3. The first kappa shape index (κ1) is 15.3. The Hall–Kier alpha value is -1.63. The number of carbonyl (C=O) groups is 2. The number of carbonyl (C=O) groups excluding carboxylic acids is 2. The average molecular weight is 367 g/mol. The Morgan fingerprint density at radius 2 is 2.18 bits per heavy atom. The highest BCUT2D eigenvalue weighted by atomic mass is 79.9. The lowest BCUT2D eigenvalue weighted by Gasteiger charge is -2.37. The van der Waals surface area contributed by atoms with Crippen molar-refractivity contribution in [3.05, 3.63) is 22.9 Å². The first-order valence-electron chi connectivity index (χ1n) is 7.59. The highest BCUT2D eigenvalue weighted by Crippen LogP contribution is 2.22. The van der Waals surface area contributed by atoms with Gasteiger partial charge in [-0.1, -0.05) is 0 Å². The number of aromatic nitrogens is 1. The summed E-state index contributed by atoms with van der Waals surface area (Å²) in [5.41, 5.74) is 0.666. The number of hydrogen-bond acceptors (Lipinski definition) is 3. The van der Waals surface area contributed by atoms with Crippen LogP contribution in [-0.4, -0.2) is 52.4 Å². The molecule has 0 bridgehead atoms. The van der Waals surface area contributed by atoms with Crippen LogP contribution >= 0.6 is 15.9 Å². The van der Waals surface area contributed by atoms with Crippen molar-refractivity contribution in [3.8, 4) is 0 Å². The van der Waals surface area contributed by atoms with Crippen molar-refractivity contribution in [2.45, 2.75) is 31.7 Å². The topological polar surface area (TPSA) is 65.5 Å². The maximum Gasteiger partial charge on any atom is 0.321 e. The maximum absolute atomic E-state index is 12.4. The molecule has 6 nitrogen and oxygen atoms in total. The van der Waals surface area contributed by atoms with E-state index in [9.17, 15) is 9.59 Å². The normalized spacial score (nSPS) is 22.0. The molecule has 1 N–H and O–H groups in total. The average Bonchev–Trinajstić information content (AvgIpc) is 2.93. The molecule has 1 aromatic rings. The van der Waals surface area contributed by atoms with Crippen LogP contribution in [0.15, 0.2) is 22.9 Å². The Kier molecular flexibility index (Phi) is 4.61. The molecule has 2 aliphatic heterocycles. The lowest BCUT2D eigenvalue weighted by atomic mass is 10.0. The van der Waals surface area contributed by atoms with E-state index in [2.05, 4.69) is 26.2 Å². The molecule has 2 saturated heterocycles. The smallest absolute Gasteiger partial charge is 0.321 e. The van der Waals surface area contributed by atoms with Crippen molar-refractivity contribution < 1.29 is 9.59 Å². The summed E-state index contributed by atoms with van der Waals surface area (Å²) < 4.78 is 0.824. The van der Waals surface area contributed by atoms with Gasteiger partial charge in [-0.05, 0) is 41.3 Å². The van der Waals surface area contributed by atoms with Gasteiger partial charge in [-0.25, -0.2) is 4.79 Å². The minimum absolute atomic E-state index is 0.128. The Morgan fingerprint density at radius 3 is 2.91 bits per heavy atom. The summed E-state index contributed by atoms with van der Waals surface area (Å²) in [5.74, 6) is 0.225. The van der Waals surface area contributed by atoms with Crippen molar-refractivity contribution in [3.63, 3.8) is 0 Å². The Labute approximate surface area is 138 Å². The van der Waals surface area contributed by atoms with Gasteiger partial charge in [0.15, 0.2) is 0 Å². The summed E-state index contributed by atoms with van der Waals surface area (Å²) in [6.45, 7) is 2.17. The van der Waals surface area contributed by atoms with Crippen molar-refractivity contribution in [2.24, 2.45) is 0 Å². The predicted octanol–water partition coefficient (Wildman–Crippen LogP) is 2.46. The fraction of sp³-hybridized carbons (Fsp3) is 0.533. The van der Waals surface area contributed by atoms with Gasteiger partial charge in [-0.15, -0.1) is 0 Å². The van der Waals surface area contributed by atoms with Crippen LogP contribution in [0.25, 0.3) is 0 Å². The zero-order chi connectivity index (χ0) is 15.5. The Balaban J connectivity index is 1.61. The number of likely N-dealkylation sites (tertiary alicyclic amines) is 2. The van der Waals surface area contributed by atoms with Gasteiger partial charge < -0.3 is 15.1 Å². The molecule has 22 heavy (non-hydrogen) atoms. The van der Waals surface area contributed by atoms with Gasteiger partial charge in [0.05, 0.1) is 11.9 Å². The molecule has 7 heteroatoms. The zero-order valence-corrected chi connectivity index (χ0v) is 13.9. The monoisotopic (exact) mass is 366 g/mol. The molecule has 3 heterocycles. The third-order valence-corrected chi connectivity index (χ3v) is 4.62.